The predicted octanol–water partition coefficient (Wildman–Crippen LogP) is 2.59. The second kappa shape index (κ2) is 11.4. The van der Waals surface area contributed by atoms with E-state index < -0.39 is 27.1 Å². The minimum absolute atomic E-state index is 0. The van der Waals surface area contributed by atoms with Crippen molar-refractivity contribution < 1.29 is 18.4 Å². The molecular formula is C20H28ClN3O5S. The molecule has 0 aliphatic carbocycles. The number of halogens is 1. The molecule has 0 aliphatic rings. The highest BCUT2D eigenvalue weighted by Crippen LogP contribution is 2.21. The Kier molecular flexibility index (Phi) is 9.86. The van der Waals surface area contributed by atoms with Crippen LogP contribution in [0.5, 0.6) is 0 Å². The first-order chi connectivity index (χ1) is 13.6. The van der Waals surface area contributed by atoms with Gasteiger partial charge in [0.15, 0.2) is 0 Å². The topological polar surface area (TPSA) is 127 Å². The van der Waals surface area contributed by atoms with Crippen LogP contribution in [0.4, 0.5) is 5.69 Å². The number of hydrogen-bond donors (Lipinski definition) is 2. The van der Waals surface area contributed by atoms with Crippen molar-refractivity contribution in [3.8, 4) is 0 Å². The predicted molar refractivity (Wildman–Crippen MR) is 118 cm³/mol. The normalized spacial score (nSPS) is 13.7. The standard InChI is InChI=1S/C20H27N3O5S.ClH/c1-15(2)13-22(14-20(24)19(21)12-16-6-4-3-5-7-16)29(27,28)18-10-8-17(9-11-18)23(25)26;/h3-11,15,19-20,24H,12-14,21H2,1-2H3;1H/t19?,20-;/m0./s1. The maximum atomic E-state index is 13.1. The Morgan fingerprint density at radius 2 is 1.63 bits per heavy atom. The largest absolute Gasteiger partial charge is 0.390 e. The number of nitro benzene ring substituents is 1. The first kappa shape index (κ1) is 26.0. The van der Waals surface area contributed by atoms with Gasteiger partial charge in [0.2, 0.25) is 10.0 Å². The van der Waals surface area contributed by atoms with Gasteiger partial charge < -0.3 is 10.8 Å². The molecule has 0 spiro atoms. The molecule has 8 nitrogen and oxygen atoms in total. The van der Waals surface area contributed by atoms with Gasteiger partial charge in [0.05, 0.1) is 15.9 Å². The first-order valence-electron chi connectivity index (χ1n) is 9.33. The Morgan fingerprint density at radius 1 is 1.07 bits per heavy atom. The molecule has 0 bridgehead atoms. The van der Waals surface area contributed by atoms with Crippen LogP contribution in [0.2, 0.25) is 0 Å². The SMILES string of the molecule is CC(C)CN(C[C@H](O)C(N)Cc1ccccc1)S(=O)(=O)c1ccc([N+](=O)[O-])cc1.Cl. The summed E-state index contributed by atoms with van der Waals surface area (Å²) in [7, 11) is -3.94. The number of nitro groups is 1. The van der Waals surface area contributed by atoms with E-state index in [1.807, 2.05) is 44.2 Å². The zero-order chi connectivity index (χ0) is 21.6. The molecule has 0 amide bonds. The fourth-order valence-electron chi connectivity index (χ4n) is 2.93. The van der Waals surface area contributed by atoms with E-state index in [4.69, 9.17) is 5.73 Å². The number of hydrogen-bond acceptors (Lipinski definition) is 6. The zero-order valence-electron chi connectivity index (χ0n) is 16.9. The van der Waals surface area contributed by atoms with Crippen molar-refractivity contribution >= 4 is 28.1 Å². The van der Waals surface area contributed by atoms with Crippen molar-refractivity contribution in [2.24, 2.45) is 11.7 Å². The lowest BCUT2D eigenvalue weighted by atomic mass is 10.0. The Balaban J connectivity index is 0.00000450. The van der Waals surface area contributed by atoms with Crippen LogP contribution in [0.15, 0.2) is 59.5 Å². The molecule has 166 valence electrons. The van der Waals surface area contributed by atoms with Crippen LogP contribution >= 0.6 is 12.4 Å². The van der Waals surface area contributed by atoms with Crippen LogP contribution in [-0.2, 0) is 16.4 Å². The van der Waals surface area contributed by atoms with Gasteiger partial charge in [-0.2, -0.15) is 4.31 Å². The van der Waals surface area contributed by atoms with Crippen LogP contribution < -0.4 is 5.73 Å². The van der Waals surface area contributed by atoms with Gasteiger partial charge in [-0.05, 0) is 30.0 Å². The molecule has 0 fully saturated rings. The van der Waals surface area contributed by atoms with Crippen LogP contribution in [0.25, 0.3) is 0 Å². The highest BCUT2D eigenvalue weighted by atomic mass is 35.5. The number of nitrogens with two attached hydrogens (primary N) is 1. The summed E-state index contributed by atoms with van der Waals surface area (Å²) in [6, 6.07) is 13.5. The fraction of sp³-hybridized carbons (Fsp3) is 0.400. The van der Waals surface area contributed by atoms with Crippen molar-refractivity contribution in [2.45, 2.75) is 37.3 Å². The van der Waals surface area contributed by atoms with Gasteiger partial charge >= 0.3 is 0 Å². The zero-order valence-corrected chi connectivity index (χ0v) is 18.6. The molecule has 3 N–H and O–H groups in total. The van der Waals surface area contributed by atoms with Gasteiger partial charge in [0.25, 0.3) is 5.69 Å². The monoisotopic (exact) mass is 457 g/mol. The van der Waals surface area contributed by atoms with E-state index in [1.165, 1.54) is 16.4 Å². The summed E-state index contributed by atoms with van der Waals surface area (Å²) in [5, 5.41) is 21.4. The van der Waals surface area contributed by atoms with E-state index in [9.17, 15) is 23.6 Å². The molecule has 2 atom stereocenters. The summed E-state index contributed by atoms with van der Waals surface area (Å²) in [6.45, 7) is 3.77. The van der Waals surface area contributed by atoms with Gasteiger partial charge in [-0.25, -0.2) is 8.42 Å². The maximum absolute atomic E-state index is 13.1. The number of rotatable bonds is 10. The number of aliphatic hydroxyl groups is 1. The summed E-state index contributed by atoms with van der Waals surface area (Å²) >= 11 is 0. The quantitative estimate of drug-likeness (QED) is 0.417. The molecule has 2 rings (SSSR count). The highest BCUT2D eigenvalue weighted by Gasteiger charge is 2.29. The van der Waals surface area contributed by atoms with Crippen molar-refractivity contribution in [3.63, 3.8) is 0 Å². The summed E-state index contributed by atoms with van der Waals surface area (Å²) < 4.78 is 27.3. The van der Waals surface area contributed by atoms with Gasteiger partial charge in [-0.15, -0.1) is 12.4 Å². The molecule has 2 aromatic rings. The number of sulfonamides is 1. The smallest absolute Gasteiger partial charge is 0.269 e. The average Bonchev–Trinajstić information content (AvgIpc) is 2.67. The fourth-order valence-corrected chi connectivity index (χ4v) is 4.55. The lowest BCUT2D eigenvalue weighted by Gasteiger charge is -2.28. The molecule has 1 unspecified atom stereocenters. The second-order valence-corrected chi connectivity index (χ2v) is 9.33. The third-order valence-corrected chi connectivity index (χ3v) is 6.30. The van der Waals surface area contributed by atoms with Gasteiger partial charge in [0.1, 0.15) is 0 Å². The van der Waals surface area contributed by atoms with Crippen LogP contribution in [0.1, 0.15) is 19.4 Å². The second-order valence-electron chi connectivity index (χ2n) is 7.39. The van der Waals surface area contributed by atoms with Crippen molar-refractivity contribution in [2.75, 3.05) is 13.1 Å². The molecule has 0 saturated heterocycles. The summed E-state index contributed by atoms with van der Waals surface area (Å²) in [4.78, 5) is 10.2. The number of non-ortho nitro benzene ring substituents is 1. The van der Waals surface area contributed by atoms with Crippen LogP contribution in [0.3, 0.4) is 0 Å². The maximum Gasteiger partial charge on any atom is 0.269 e. The highest BCUT2D eigenvalue weighted by molar-refractivity contribution is 7.89. The Morgan fingerprint density at radius 3 is 2.13 bits per heavy atom. The Hall–Kier alpha value is -2.04. The molecule has 30 heavy (non-hydrogen) atoms. The molecule has 0 saturated carbocycles. The van der Waals surface area contributed by atoms with Crippen LogP contribution in [0, 0.1) is 16.0 Å². The third kappa shape index (κ3) is 7.03. The minimum Gasteiger partial charge on any atom is -0.390 e. The number of nitrogens with zero attached hydrogens (tertiary/aromatic N) is 2. The third-order valence-electron chi connectivity index (χ3n) is 4.45. The molecule has 0 aliphatic heterocycles. The van der Waals surface area contributed by atoms with Crippen molar-refractivity contribution in [1.82, 2.24) is 4.31 Å². The number of aliphatic hydroxyl groups excluding tert-OH is 1. The van der Waals surface area contributed by atoms with E-state index in [0.717, 1.165) is 17.7 Å². The molecule has 0 radical (unpaired) electrons. The van der Waals surface area contributed by atoms with Gasteiger partial charge in [-0.3, -0.25) is 10.1 Å². The first-order valence-corrected chi connectivity index (χ1v) is 10.8. The summed E-state index contributed by atoms with van der Waals surface area (Å²) in [6.07, 6.45) is -0.656. The van der Waals surface area contributed by atoms with Crippen molar-refractivity contribution in [3.05, 3.63) is 70.3 Å². The molecular weight excluding hydrogens is 430 g/mol. The molecule has 0 aromatic heterocycles. The summed E-state index contributed by atoms with van der Waals surface area (Å²) in [5.74, 6) is 0.0142. The Bertz CT molecular complexity index is 908. The van der Waals surface area contributed by atoms with Crippen LogP contribution in [-0.4, -0.2) is 48.0 Å². The van der Waals surface area contributed by atoms with E-state index in [1.54, 1.807) is 0 Å². The van der Waals surface area contributed by atoms with Gasteiger partial charge in [-0.1, -0.05) is 44.2 Å². The minimum atomic E-state index is -3.94. The molecule has 10 heteroatoms. The van der Waals surface area contributed by atoms with E-state index in [0.29, 0.717) is 6.42 Å². The lowest BCUT2D eigenvalue weighted by molar-refractivity contribution is -0.384. The van der Waals surface area contributed by atoms with E-state index >= 15 is 0 Å². The van der Waals surface area contributed by atoms with Crippen molar-refractivity contribution in [1.29, 1.82) is 0 Å². The van der Waals surface area contributed by atoms with E-state index in [-0.39, 0.29) is 42.0 Å². The average molecular weight is 458 g/mol. The summed E-state index contributed by atoms with van der Waals surface area (Å²) in [5.41, 5.74) is 6.88. The van der Waals surface area contributed by atoms with E-state index in [2.05, 4.69) is 0 Å². The molecule has 2 aromatic carbocycles. The number of benzene rings is 2. The Labute approximate surface area is 183 Å². The molecule has 0 heterocycles. The van der Waals surface area contributed by atoms with Gasteiger partial charge in [0, 0.05) is 31.3 Å². The lowest BCUT2D eigenvalue weighted by Crippen LogP contribution is -2.47.